The number of aromatic nitrogens is 4. The van der Waals surface area contributed by atoms with E-state index in [4.69, 9.17) is 23.2 Å². The van der Waals surface area contributed by atoms with E-state index in [9.17, 15) is 8.42 Å². The lowest BCUT2D eigenvalue weighted by molar-refractivity contribution is 0.598. The number of rotatable bonds is 3. The van der Waals surface area contributed by atoms with Crippen LogP contribution in [-0.2, 0) is 9.84 Å². The maximum Gasteiger partial charge on any atom is 0.185 e. The van der Waals surface area contributed by atoms with Gasteiger partial charge in [0.15, 0.2) is 21.3 Å². The predicted molar refractivity (Wildman–Crippen MR) is 111 cm³/mol. The molecule has 1 aliphatic heterocycles. The number of sulfone groups is 1. The highest BCUT2D eigenvalue weighted by Crippen LogP contribution is 2.35. The fraction of sp³-hybridized carbons (Fsp3) is 0.105. The van der Waals surface area contributed by atoms with Gasteiger partial charge in [-0.1, -0.05) is 41.4 Å². The molecule has 1 N–H and O–H groups in total. The highest BCUT2D eigenvalue weighted by Gasteiger charge is 2.34. The number of halogens is 2. The Bertz CT molecular complexity index is 1350. The third-order valence-electron chi connectivity index (χ3n) is 4.72. The van der Waals surface area contributed by atoms with Crippen LogP contribution >= 0.6 is 23.2 Å². The van der Waals surface area contributed by atoms with E-state index >= 15 is 0 Å². The van der Waals surface area contributed by atoms with Gasteiger partial charge in [0, 0.05) is 15.6 Å². The molecule has 0 saturated heterocycles. The fourth-order valence-electron chi connectivity index (χ4n) is 3.48. The van der Waals surface area contributed by atoms with Crippen LogP contribution in [-0.4, -0.2) is 34.0 Å². The van der Waals surface area contributed by atoms with E-state index < -0.39 is 9.84 Å². The summed E-state index contributed by atoms with van der Waals surface area (Å²) in [4.78, 5) is 0.358. The Morgan fingerprint density at radius 2 is 1.76 bits per heavy atom. The summed E-state index contributed by atoms with van der Waals surface area (Å²) in [5.74, 6) is 0.960. The van der Waals surface area contributed by atoms with Gasteiger partial charge in [-0.15, -0.1) is 15.3 Å². The minimum Gasteiger partial charge on any atom is -0.361 e. The van der Waals surface area contributed by atoms with Crippen molar-refractivity contribution >= 4 is 44.5 Å². The van der Waals surface area contributed by atoms with Gasteiger partial charge in [-0.25, -0.2) is 8.42 Å². The molecule has 1 aliphatic rings. The number of nitrogens with zero attached hydrogens (tertiary/aromatic N) is 4. The second-order valence-corrected chi connectivity index (χ2v) is 9.56. The molecule has 2 aromatic heterocycles. The first kappa shape index (κ1) is 18.4. The van der Waals surface area contributed by atoms with Crippen molar-refractivity contribution in [3.8, 4) is 11.4 Å². The first-order valence-corrected chi connectivity index (χ1v) is 11.1. The van der Waals surface area contributed by atoms with Crippen molar-refractivity contribution in [2.75, 3.05) is 11.1 Å². The standard InChI is InChI=1S/C19H13Cl2N5O2S/c20-12-7-11(8-13(21)9-12)19-24-23-18-6-5-17(25-26(18)19)22-15-10-29(27,28)16-4-2-1-3-14(15)16/h1-9,15H,10H2,(H,22,25). The number of benzene rings is 2. The van der Waals surface area contributed by atoms with Crippen LogP contribution in [0.3, 0.4) is 0 Å². The van der Waals surface area contributed by atoms with Crippen molar-refractivity contribution in [1.29, 1.82) is 0 Å². The molecule has 4 aromatic rings. The first-order valence-electron chi connectivity index (χ1n) is 8.68. The topological polar surface area (TPSA) is 89.2 Å². The highest BCUT2D eigenvalue weighted by molar-refractivity contribution is 7.91. The number of fused-ring (bicyclic) bond motifs is 2. The summed E-state index contributed by atoms with van der Waals surface area (Å²) in [7, 11) is -3.32. The normalized spacial score (nSPS) is 17.4. The second-order valence-electron chi connectivity index (χ2n) is 6.69. The number of nitrogens with one attached hydrogen (secondary N) is 1. The summed E-state index contributed by atoms with van der Waals surface area (Å²) < 4.78 is 26.4. The molecule has 0 bridgehead atoms. The molecular weight excluding hydrogens is 433 g/mol. The van der Waals surface area contributed by atoms with Crippen molar-refractivity contribution in [2.24, 2.45) is 0 Å². The second kappa shape index (κ2) is 6.69. The fourth-order valence-corrected chi connectivity index (χ4v) is 5.74. The molecule has 5 rings (SSSR count). The summed E-state index contributed by atoms with van der Waals surface area (Å²) >= 11 is 12.2. The van der Waals surface area contributed by atoms with Crippen LogP contribution in [0, 0.1) is 0 Å². The zero-order chi connectivity index (χ0) is 20.2. The van der Waals surface area contributed by atoms with Gasteiger partial charge in [-0.3, -0.25) is 0 Å². The van der Waals surface area contributed by atoms with Crippen LogP contribution in [0.5, 0.6) is 0 Å². The molecule has 0 radical (unpaired) electrons. The Labute approximate surface area is 176 Å². The molecule has 1 atom stereocenters. The van der Waals surface area contributed by atoms with Crippen molar-refractivity contribution in [3.05, 3.63) is 70.2 Å². The lowest BCUT2D eigenvalue weighted by Crippen LogP contribution is -2.14. The third kappa shape index (κ3) is 3.23. The van der Waals surface area contributed by atoms with Crippen LogP contribution in [0.4, 0.5) is 5.82 Å². The van der Waals surface area contributed by atoms with Crippen molar-refractivity contribution in [1.82, 2.24) is 19.8 Å². The summed E-state index contributed by atoms with van der Waals surface area (Å²) in [6, 6.07) is 15.2. The van der Waals surface area contributed by atoms with Gasteiger partial charge in [0.2, 0.25) is 0 Å². The molecule has 29 heavy (non-hydrogen) atoms. The van der Waals surface area contributed by atoms with Crippen molar-refractivity contribution in [2.45, 2.75) is 10.9 Å². The van der Waals surface area contributed by atoms with Gasteiger partial charge in [-0.05, 0) is 42.0 Å². The smallest absolute Gasteiger partial charge is 0.185 e. The molecule has 7 nitrogen and oxygen atoms in total. The molecule has 0 saturated carbocycles. The van der Waals surface area contributed by atoms with Gasteiger partial charge in [0.1, 0.15) is 5.82 Å². The predicted octanol–water partition coefficient (Wildman–Crippen LogP) is 4.04. The lowest BCUT2D eigenvalue weighted by Gasteiger charge is -2.13. The lowest BCUT2D eigenvalue weighted by atomic mass is 10.1. The molecule has 0 aliphatic carbocycles. The zero-order valence-electron chi connectivity index (χ0n) is 14.8. The number of anilines is 1. The van der Waals surface area contributed by atoms with Gasteiger partial charge < -0.3 is 5.32 Å². The van der Waals surface area contributed by atoms with Crippen molar-refractivity contribution < 1.29 is 8.42 Å². The maximum absolute atomic E-state index is 12.4. The van der Waals surface area contributed by atoms with Crippen LogP contribution in [0.15, 0.2) is 59.5 Å². The number of hydrogen-bond acceptors (Lipinski definition) is 6. The average Bonchev–Trinajstić information content (AvgIpc) is 3.20. The Morgan fingerprint density at radius 1 is 1.00 bits per heavy atom. The van der Waals surface area contributed by atoms with Gasteiger partial charge in [-0.2, -0.15) is 4.52 Å². The summed E-state index contributed by atoms with van der Waals surface area (Å²) in [5, 5.41) is 17.0. The van der Waals surface area contributed by atoms with Gasteiger partial charge >= 0.3 is 0 Å². The molecular formula is C19H13Cl2N5O2S. The Kier molecular flexibility index (Phi) is 4.23. The molecule has 10 heteroatoms. The molecule has 0 amide bonds. The average molecular weight is 446 g/mol. The molecule has 0 fully saturated rings. The summed E-state index contributed by atoms with van der Waals surface area (Å²) in [5.41, 5.74) is 1.95. The summed E-state index contributed by atoms with van der Waals surface area (Å²) in [6.45, 7) is 0. The van der Waals surface area contributed by atoms with E-state index in [0.29, 0.717) is 37.8 Å². The van der Waals surface area contributed by atoms with Crippen LogP contribution in [0.1, 0.15) is 11.6 Å². The first-order chi connectivity index (χ1) is 13.9. The van der Waals surface area contributed by atoms with E-state index in [1.165, 1.54) is 0 Å². The SMILES string of the molecule is O=S1(=O)CC(Nc2ccc3nnc(-c4cc(Cl)cc(Cl)c4)n3n2)c2ccccc21. The molecule has 3 heterocycles. The minimum atomic E-state index is -3.32. The Morgan fingerprint density at radius 3 is 2.55 bits per heavy atom. The van der Waals surface area contributed by atoms with E-state index in [2.05, 4.69) is 20.6 Å². The van der Waals surface area contributed by atoms with E-state index in [1.54, 1.807) is 47.0 Å². The van der Waals surface area contributed by atoms with Crippen LogP contribution < -0.4 is 5.32 Å². The zero-order valence-corrected chi connectivity index (χ0v) is 17.1. The molecule has 1 unspecified atom stereocenters. The van der Waals surface area contributed by atoms with Crippen molar-refractivity contribution in [3.63, 3.8) is 0 Å². The Hall–Kier alpha value is -2.68. The van der Waals surface area contributed by atoms with E-state index in [0.717, 1.165) is 5.56 Å². The number of hydrogen-bond donors (Lipinski definition) is 1. The monoisotopic (exact) mass is 445 g/mol. The van der Waals surface area contributed by atoms with E-state index in [1.807, 2.05) is 12.1 Å². The molecule has 0 spiro atoms. The Balaban J connectivity index is 1.54. The maximum atomic E-state index is 12.4. The van der Waals surface area contributed by atoms with E-state index in [-0.39, 0.29) is 11.8 Å². The highest BCUT2D eigenvalue weighted by atomic mass is 35.5. The summed E-state index contributed by atoms with van der Waals surface area (Å²) in [6.07, 6.45) is 0. The molecule has 2 aromatic carbocycles. The minimum absolute atomic E-state index is 0.0228. The van der Waals surface area contributed by atoms with Gasteiger partial charge in [0.25, 0.3) is 0 Å². The largest absolute Gasteiger partial charge is 0.361 e. The van der Waals surface area contributed by atoms with Gasteiger partial charge in [0.05, 0.1) is 16.7 Å². The quantitative estimate of drug-likeness (QED) is 0.511. The van der Waals surface area contributed by atoms with Crippen LogP contribution in [0.2, 0.25) is 10.0 Å². The molecule has 146 valence electrons. The third-order valence-corrected chi connectivity index (χ3v) is 6.97. The van der Waals surface area contributed by atoms with Crippen LogP contribution in [0.25, 0.3) is 17.0 Å².